The molecule has 0 saturated carbocycles. The van der Waals surface area contributed by atoms with Gasteiger partial charge in [-0.1, -0.05) is 18.2 Å². The summed E-state index contributed by atoms with van der Waals surface area (Å²) in [5.41, 5.74) is 6.02. The van der Waals surface area contributed by atoms with Gasteiger partial charge in [0.25, 0.3) is 5.91 Å². The summed E-state index contributed by atoms with van der Waals surface area (Å²) in [6, 6.07) is 9.46. The minimum atomic E-state index is -0.567. The van der Waals surface area contributed by atoms with Gasteiger partial charge in [-0.3, -0.25) is 9.69 Å². The number of aliphatic hydroxyl groups excluding tert-OH is 1. The highest BCUT2D eigenvalue weighted by molar-refractivity contribution is 7.09. The molecule has 1 aromatic carbocycles. The maximum absolute atomic E-state index is 12.5. The van der Waals surface area contributed by atoms with Gasteiger partial charge in [-0.15, -0.1) is 11.3 Å². The van der Waals surface area contributed by atoms with Gasteiger partial charge in [0.2, 0.25) is 0 Å². The van der Waals surface area contributed by atoms with E-state index in [0.717, 1.165) is 23.8 Å². The number of nitrogens with two attached hydrogens (primary N) is 1. The number of hydrogen-bond acceptors (Lipinski definition) is 7. The Bertz CT molecular complexity index is 701. The number of β-amino-alcohol motifs (C(OH)–C–C–N with tert-alkyl or cyclic N) is 1. The summed E-state index contributed by atoms with van der Waals surface area (Å²) in [4.78, 5) is 20.7. The van der Waals surface area contributed by atoms with Crippen LogP contribution in [0.5, 0.6) is 5.75 Å². The van der Waals surface area contributed by atoms with Gasteiger partial charge in [0.05, 0.1) is 0 Å². The van der Waals surface area contributed by atoms with E-state index in [9.17, 15) is 9.90 Å². The van der Waals surface area contributed by atoms with Gasteiger partial charge in [0, 0.05) is 44.6 Å². The standard InChI is InChI=1S/C18H24N4O3S/c19-10-17-20-16(13-26-17)18(24)22-8-6-21(7-9-22)11-14(23)12-25-15-4-2-1-3-5-15/h1-5,13-14,23H,6-12,19H2. The molecule has 3 rings (SSSR count). The molecule has 1 aliphatic heterocycles. The molecule has 0 aliphatic carbocycles. The number of hydrogen-bond donors (Lipinski definition) is 2. The van der Waals surface area contributed by atoms with E-state index in [0.29, 0.717) is 31.9 Å². The topological polar surface area (TPSA) is 91.9 Å². The first kappa shape index (κ1) is 18.8. The van der Waals surface area contributed by atoms with E-state index in [1.165, 1.54) is 11.3 Å². The molecule has 1 atom stereocenters. The Hall–Kier alpha value is -2.00. The summed E-state index contributed by atoms with van der Waals surface area (Å²) in [7, 11) is 0. The van der Waals surface area contributed by atoms with E-state index in [1.54, 1.807) is 10.3 Å². The zero-order valence-electron chi connectivity index (χ0n) is 14.6. The second kappa shape index (κ2) is 9.09. The first-order valence-corrected chi connectivity index (χ1v) is 9.55. The summed E-state index contributed by atoms with van der Waals surface area (Å²) >= 11 is 1.41. The molecular weight excluding hydrogens is 352 g/mol. The Kier molecular flexibility index (Phi) is 6.56. The molecular formula is C18H24N4O3S. The predicted molar refractivity (Wildman–Crippen MR) is 100 cm³/mol. The SMILES string of the molecule is NCc1nc(C(=O)N2CCN(CC(O)COc3ccccc3)CC2)cs1. The highest BCUT2D eigenvalue weighted by Gasteiger charge is 2.24. The van der Waals surface area contributed by atoms with Crippen LogP contribution in [0, 0.1) is 0 Å². The predicted octanol–water partition coefficient (Wildman–Crippen LogP) is 0.800. The van der Waals surface area contributed by atoms with Crippen molar-refractivity contribution in [1.82, 2.24) is 14.8 Å². The molecule has 0 radical (unpaired) electrons. The van der Waals surface area contributed by atoms with Crippen LogP contribution >= 0.6 is 11.3 Å². The van der Waals surface area contributed by atoms with Gasteiger partial charge in [0.1, 0.15) is 29.2 Å². The van der Waals surface area contributed by atoms with Crippen LogP contribution in [0.2, 0.25) is 0 Å². The first-order valence-electron chi connectivity index (χ1n) is 8.67. The lowest BCUT2D eigenvalue weighted by atomic mass is 10.2. The van der Waals surface area contributed by atoms with Crippen molar-refractivity contribution >= 4 is 17.2 Å². The van der Waals surface area contributed by atoms with Crippen LogP contribution in [-0.4, -0.2) is 71.2 Å². The number of carbonyl (C=O) groups is 1. The average Bonchev–Trinajstić information content (AvgIpc) is 3.16. The van der Waals surface area contributed by atoms with E-state index in [2.05, 4.69) is 9.88 Å². The van der Waals surface area contributed by atoms with Crippen molar-refractivity contribution in [3.63, 3.8) is 0 Å². The molecule has 26 heavy (non-hydrogen) atoms. The summed E-state index contributed by atoms with van der Waals surface area (Å²) in [5.74, 6) is 0.704. The molecule has 2 heterocycles. The van der Waals surface area contributed by atoms with Crippen molar-refractivity contribution in [1.29, 1.82) is 0 Å². The maximum Gasteiger partial charge on any atom is 0.273 e. The molecule has 0 bridgehead atoms. The van der Waals surface area contributed by atoms with Gasteiger partial charge in [-0.05, 0) is 12.1 Å². The van der Waals surface area contributed by atoms with E-state index in [-0.39, 0.29) is 12.5 Å². The minimum absolute atomic E-state index is 0.0476. The van der Waals surface area contributed by atoms with Crippen LogP contribution in [0.4, 0.5) is 0 Å². The second-order valence-electron chi connectivity index (χ2n) is 6.20. The zero-order chi connectivity index (χ0) is 18.4. The molecule has 1 amide bonds. The molecule has 8 heteroatoms. The molecule has 1 aliphatic rings. The highest BCUT2D eigenvalue weighted by atomic mass is 32.1. The largest absolute Gasteiger partial charge is 0.491 e. The lowest BCUT2D eigenvalue weighted by molar-refractivity contribution is 0.0401. The molecule has 1 saturated heterocycles. The molecule has 2 aromatic rings. The summed E-state index contributed by atoms with van der Waals surface area (Å²) in [5, 5.41) is 12.7. The van der Waals surface area contributed by atoms with Crippen molar-refractivity contribution in [3.05, 3.63) is 46.4 Å². The van der Waals surface area contributed by atoms with Crippen molar-refractivity contribution in [2.45, 2.75) is 12.6 Å². The minimum Gasteiger partial charge on any atom is -0.491 e. The van der Waals surface area contributed by atoms with Gasteiger partial charge >= 0.3 is 0 Å². The third-order valence-electron chi connectivity index (χ3n) is 4.26. The van der Waals surface area contributed by atoms with E-state index < -0.39 is 6.10 Å². The molecule has 1 fully saturated rings. The molecule has 7 nitrogen and oxygen atoms in total. The number of piperazine rings is 1. The second-order valence-corrected chi connectivity index (χ2v) is 7.14. The Morgan fingerprint density at radius 3 is 2.65 bits per heavy atom. The third kappa shape index (κ3) is 5.01. The molecule has 3 N–H and O–H groups in total. The molecule has 140 valence electrons. The summed E-state index contributed by atoms with van der Waals surface area (Å²) < 4.78 is 5.58. The Morgan fingerprint density at radius 2 is 2.00 bits per heavy atom. The first-order chi connectivity index (χ1) is 12.7. The lowest BCUT2D eigenvalue weighted by Gasteiger charge is -2.35. The van der Waals surface area contributed by atoms with Crippen LogP contribution in [0.3, 0.4) is 0 Å². The number of ether oxygens (including phenoxy) is 1. The quantitative estimate of drug-likeness (QED) is 0.743. The van der Waals surface area contributed by atoms with Crippen molar-refractivity contribution in [2.24, 2.45) is 5.73 Å². The smallest absolute Gasteiger partial charge is 0.273 e. The molecule has 0 spiro atoms. The van der Waals surface area contributed by atoms with Crippen LogP contribution < -0.4 is 10.5 Å². The van der Waals surface area contributed by atoms with Crippen LogP contribution in [0.1, 0.15) is 15.5 Å². The molecule has 1 unspecified atom stereocenters. The summed E-state index contributed by atoms with van der Waals surface area (Å²) in [6.45, 7) is 3.84. The van der Waals surface area contributed by atoms with Crippen molar-refractivity contribution in [3.8, 4) is 5.75 Å². The fourth-order valence-electron chi connectivity index (χ4n) is 2.86. The Morgan fingerprint density at radius 1 is 1.27 bits per heavy atom. The van der Waals surface area contributed by atoms with Gasteiger partial charge < -0.3 is 20.5 Å². The summed E-state index contributed by atoms with van der Waals surface area (Å²) in [6.07, 6.45) is -0.567. The number of thiazole rings is 1. The lowest BCUT2D eigenvalue weighted by Crippen LogP contribution is -2.51. The number of aliphatic hydroxyl groups is 1. The van der Waals surface area contributed by atoms with Gasteiger partial charge in [-0.25, -0.2) is 4.98 Å². The van der Waals surface area contributed by atoms with Gasteiger partial charge in [-0.2, -0.15) is 0 Å². The van der Waals surface area contributed by atoms with Crippen LogP contribution in [-0.2, 0) is 6.54 Å². The number of amides is 1. The monoisotopic (exact) mass is 376 g/mol. The average molecular weight is 376 g/mol. The van der Waals surface area contributed by atoms with Crippen LogP contribution in [0.15, 0.2) is 35.7 Å². The van der Waals surface area contributed by atoms with Gasteiger partial charge in [0.15, 0.2) is 0 Å². The Labute approximate surface area is 157 Å². The van der Waals surface area contributed by atoms with Crippen molar-refractivity contribution in [2.75, 3.05) is 39.3 Å². The fourth-order valence-corrected chi connectivity index (χ4v) is 3.51. The molecule has 1 aromatic heterocycles. The third-order valence-corrected chi connectivity index (χ3v) is 5.13. The fraction of sp³-hybridized carbons (Fsp3) is 0.444. The highest BCUT2D eigenvalue weighted by Crippen LogP contribution is 2.13. The van der Waals surface area contributed by atoms with E-state index >= 15 is 0 Å². The van der Waals surface area contributed by atoms with E-state index in [1.807, 2.05) is 30.3 Å². The van der Waals surface area contributed by atoms with E-state index in [4.69, 9.17) is 10.5 Å². The number of aromatic nitrogens is 1. The Balaban J connectivity index is 1.41. The number of nitrogens with zero attached hydrogens (tertiary/aromatic N) is 3. The number of carbonyl (C=O) groups excluding carboxylic acids is 1. The normalized spacial score (nSPS) is 16.5. The number of para-hydroxylation sites is 1. The zero-order valence-corrected chi connectivity index (χ0v) is 15.4. The van der Waals surface area contributed by atoms with Crippen molar-refractivity contribution < 1.29 is 14.6 Å². The van der Waals surface area contributed by atoms with Crippen LogP contribution in [0.25, 0.3) is 0 Å². The maximum atomic E-state index is 12.5. The number of benzene rings is 1. The number of rotatable bonds is 7.